The highest BCUT2D eigenvalue weighted by Gasteiger charge is 2.09. The van der Waals surface area contributed by atoms with Gasteiger partial charge in [0.05, 0.1) is 12.7 Å². The van der Waals surface area contributed by atoms with Gasteiger partial charge in [-0.25, -0.2) is 4.79 Å². The molecule has 0 spiro atoms. The SMILES string of the molecule is COc1cccc(COC(=O)c2ccc[nH]c2=S)c1. The van der Waals surface area contributed by atoms with Crippen LogP contribution in [-0.2, 0) is 11.3 Å². The zero-order valence-electron chi connectivity index (χ0n) is 10.4. The van der Waals surface area contributed by atoms with Gasteiger partial charge in [0, 0.05) is 6.20 Å². The second-order valence-corrected chi connectivity index (χ2v) is 4.25. The van der Waals surface area contributed by atoms with E-state index in [4.69, 9.17) is 21.7 Å². The lowest BCUT2D eigenvalue weighted by molar-refractivity contribution is 0.0471. The van der Waals surface area contributed by atoms with E-state index in [9.17, 15) is 4.79 Å². The minimum absolute atomic E-state index is 0.180. The Morgan fingerprint density at radius 2 is 2.16 bits per heavy atom. The van der Waals surface area contributed by atoms with Crippen LogP contribution in [0.2, 0.25) is 0 Å². The summed E-state index contributed by atoms with van der Waals surface area (Å²) in [7, 11) is 1.59. The molecule has 0 bridgehead atoms. The number of hydrogen-bond donors (Lipinski definition) is 1. The van der Waals surface area contributed by atoms with Gasteiger partial charge < -0.3 is 14.5 Å². The Kier molecular flexibility index (Phi) is 4.30. The first-order valence-corrected chi connectivity index (χ1v) is 6.09. The summed E-state index contributed by atoms with van der Waals surface area (Å²) >= 11 is 5.02. The van der Waals surface area contributed by atoms with Crippen LogP contribution in [0.4, 0.5) is 0 Å². The van der Waals surface area contributed by atoms with E-state index in [1.54, 1.807) is 25.4 Å². The number of hydrogen-bond acceptors (Lipinski definition) is 4. The molecule has 0 aliphatic rings. The molecule has 0 aliphatic heterocycles. The number of rotatable bonds is 4. The molecular formula is C14H13NO3S. The molecule has 98 valence electrons. The monoisotopic (exact) mass is 275 g/mol. The number of carbonyl (C=O) groups is 1. The summed E-state index contributed by atoms with van der Waals surface area (Å²) in [6, 6.07) is 10.7. The summed E-state index contributed by atoms with van der Waals surface area (Å²) in [5, 5.41) is 0. The van der Waals surface area contributed by atoms with Gasteiger partial charge in [-0.3, -0.25) is 0 Å². The molecule has 0 atom stereocenters. The third-order valence-electron chi connectivity index (χ3n) is 2.54. The highest BCUT2D eigenvalue weighted by Crippen LogP contribution is 2.14. The summed E-state index contributed by atoms with van der Waals surface area (Å²) in [6.07, 6.45) is 1.67. The Morgan fingerprint density at radius 3 is 2.89 bits per heavy atom. The molecule has 1 heterocycles. The average Bonchev–Trinajstić information content (AvgIpc) is 2.45. The predicted octanol–water partition coefficient (Wildman–Crippen LogP) is 3.11. The van der Waals surface area contributed by atoms with Crippen molar-refractivity contribution in [2.75, 3.05) is 7.11 Å². The second kappa shape index (κ2) is 6.15. The molecule has 1 N–H and O–H groups in total. The van der Waals surface area contributed by atoms with Gasteiger partial charge >= 0.3 is 5.97 Å². The highest BCUT2D eigenvalue weighted by atomic mass is 32.1. The quantitative estimate of drug-likeness (QED) is 0.688. The van der Waals surface area contributed by atoms with Crippen LogP contribution >= 0.6 is 12.2 Å². The molecule has 1 aromatic heterocycles. The van der Waals surface area contributed by atoms with Crippen molar-refractivity contribution in [2.45, 2.75) is 6.61 Å². The minimum atomic E-state index is -0.440. The smallest absolute Gasteiger partial charge is 0.341 e. The van der Waals surface area contributed by atoms with Gasteiger partial charge in [0.15, 0.2) is 0 Å². The highest BCUT2D eigenvalue weighted by molar-refractivity contribution is 7.71. The van der Waals surface area contributed by atoms with Crippen LogP contribution in [0.25, 0.3) is 0 Å². The van der Waals surface area contributed by atoms with Gasteiger partial charge in [-0.2, -0.15) is 0 Å². The molecule has 4 nitrogen and oxygen atoms in total. The van der Waals surface area contributed by atoms with E-state index in [0.29, 0.717) is 10.2 Å². The molecule has 5 heteroatoms. The van der Waals surface area contributed by atoms with Gasteiger partial charge in [0.2, 0.25) is 0 Å². The number of aromatic amines is 1. The summed E-state index contributed by atoms with van der Waals surface area (Å²) in [6.45, 7) is 0.180. The molecule has 0 unspecified atom stereocenters. The fourth-order valence-corrected chi connectivity index (χ4v) is 1.79. The van der Waals surface area contributed by atoms with E-state index in [1.165, 1.54) is 0 Å². The second-order valence-electron chi connectivity index (χ2n) is 3.84. The summed E-state index contributed by atoms with van der Waals surface area (Å²) in [5.41, 5.74) is 1.22. The average molecular weight is 275 g/mol. The number of esters is 1. The molecule has 0 aliphatic carbocycles. The van der Waals surface area contributed by atoms with E-state index < -0.39 is 5.97 Å². The van der Waals surface area contributed by atoms with Crippen LogP contribution < -0.4 is 4.74 Å². The molecule has 0 fully saturated rings. The predicted molar refractivity (Wildman–Crippen MR) is 73.7 cm³/mol. The van der Waals surface area contributed by atoms with E-state index in [1.807, 2.05) is 24.3 Å². The molecule has 2 aromatic rings. The van der Waals surface area contributed by atoms with Crippen LogP contribution in [0.5, 0.6) is 5.75 Å². The van der Waals surface area contributed by atoms with Gasteiger partial charge in [-0.05, 0) is 29.8 Å². The number of pyridine rings is 1. The Hall–Kier alpha value is -2.14. The molecule has 0 amide bonds. The van der Waals surface area contributed by atoms with E-state index in [-0.39, 0.29) is 6.61 Å². The Morgan fingerprint density at radius 1 is 1.32 bits per heavy atom. The Balaban J connectivity index is 2.04. The topological polar surface area (TPSA) is 51.3 Å². The van der Waals surface area contributed by atoms with E-state index in [2.05, 4.69) is 4.98 Å². The third kappa shape index (κ3) is 3.42. The number of aromatic nitrogens is 1. The standard InChI is InChI=1S/C14H13NO3S/c1-17-11-5-2-4-10(8-11)9-18-14(16)12-6-3-7-15-13(12)19/h2-8H,9H2,1H3,(H,15,19). The van der Waals surface area contributed by atoms with Gasteiger partial charge in [0.1, 0.15) is 17.0 Å². The van der Waals surface area contributed by atoms with Crippen molar-refractivity contribution in [3.05, 3.63) is 58.4 Å². The molecule has 0 saturated heterocycles. The molecule has 0 saturated carbocycles. The lowest BCUT2D eigenvalue weighted by Crippen LogP contribution is -2.06. The molecule has 1 aromatic carbocycles. The van der Waals surface area contributed by atoms with Gasteiger partial charge in [-0.15, -0.1) is 0 Å². The molecule has 0 radical (unpaired) electrons. The first kappa shape index (κ1) is 13.3. The zero-order valence-corrected chi connectivity index (χ0v) is 11.2. The van der Waals surface area contributed by atoms with E-state index >= 15 is 0 Å². The fraction of sp³-hybridized carbons (Fsp3) is 0.143. The summed E-state index contributed by atoms with van der Waals surface area (Å²) in [5.74, 6) is 0.287. The molecule has 2 rings (SSSR count). The van der Waals surface area contributed by atoms with E-state index in [0.717, 1.165) is 11.3 Å². The van der Waals surface area contributed by atoms with Crippen LogP contribution in [-0.4, -0.2) is 18.1 Å². The van der Waals surface area contributed by atoms with Crippen LogP contribution in [0, 0.1) is 4.64 Å². The van der Waals surface area contributed by atoms with Gasteiger partial charge in [0.25, 0.3) is 0 Å². The van der Waals surface area contributed by atoms with Gasteiger partial charge in [-0.1, -0.05) is 24.4 Å². The number of ether oxygens (including phenoxy) is 2. The number of benzene rings is 1. The third-order valence-corrected chi connectivity index (χ3v) is 2.88. The zero-order chi connectivity index (χ0) is 13.7. The van der Waals surface area contributed by atoms with Crippen molar-refractivity contribution >= 4 is 18.2 Å². The Labute approximate surface area is 116 Å². The van der Waals surface area contributed by atoms with Crippen molar-refractivity contribution < 1.29 is 14.3 Å². The van der Waals surface area contributed by atoms with Crippen LogP contribution in [0.15, 0.2) is 42.6 Å². The summed E-state index contributed by atoms with van der Waals surface area (Å²) in [4.78, 5) is 14.6. The van der Waals surface area contributed by atoms with Crippen LogP contribution in [0.1, 0.15) is 15.9 Å². The number of H-pyrrole nitrogens is 1. The van der Waals surface area contributed by atoms with Crippen molar-refractivity contribution in [3.8, 4) is 5.75 Å². The first-order valence-electron chi connectivity index (χ1n) is 5.68. The Bertz CT molecular complexity index is 636. The maximum atomic E-state index is 11.9. The largest absolute Gasteiger partial charge is 0.497 e. The van der Waals surface area contributed by atoms with Crippen molar-refractivity contribution in [1.29, 1.82) is 0 Å². The van der Waals surface area contributed by atoms with Crippen LogP contribution in [0.3, 0.4) is 0 Å². The first-order chi connectivity index (χ1) is 9.20. The fourth-order valence-electron chi connectivity index (χ4n) is 1.57. The number of nitrogens with one attached hydrogen (secondary N) is 1. The maximum absolute atomic E-state index is 11.9. The van der Waals surface area contributed by atoms with Crippen molar-refractivity contribution in [1.82, 2.24) is 4.98 Å². The van der Waals surface area contributed by atoms with Crippen molar-refractivity contribution in [3.63, 3.8) is 0 Å². The number of carbonyl (C=O) groups excluding carboxylic acids is 1. The normalized spacial score (nSPS) is 9.95. The molecular weight excluding hydrogens is 262 g/mol. The van der Waals surface area contributed by atoms with Crippen molar-refractivity contribution in [2.24, 2.45) is 0 Å². The lowest BCUT2D eigenvalue weighted by atomic mass is 10.2. The maximum Gasteiger partial charge on any atom is 0.341 e. The minimum Gasteiger partial charge on any atom is -0.497 e. The summed E-state index contributed by atoms with van der Waals surface area (Å²) < 4.78 is 10.7. The lowest BCUT2D eigenvalue weighted by Gasteiger charge is -2.06. The molecule has 19 heavy (non-hydrogen) atoms. The number of methoxy groups -OCH3 is 1.